The minimum atomic E-state index is 0.576. The first-order valence-electron chi connectivity index (χ1n) is 2.72. The normalized spacial score (nSPS) is 8.12. The van der Waals surface area contributed by atoms with Gasteiger partial charge < -0.3 is 4.74 Å². The van der Waals surface area contributed by atoms with Gasteiger partial charge >= 0.3 is 0 Å². The molecule has 0 amide bonds. The van der Waals surface area contributed by atoms with Crippen LogP contribution in [0.1, 0.15) is 13.3 Å². The van der Waals surface area contributed by atoms with Gasteiger partial charge in [0.25, 0.3) is 0 Å². The molecule has 46 valence electrons. The van der Waals surface area contributed by atoms with E-state index in [1.54, 1.807) is 6.08 Å². The minimum absolute atomic E-state index is 0.576. The topological polar surface area (TPSA) is 9.23 Å². The van der Waals surface area contributed by atoms with Gasteiger partial charge in [0.1, 0.15) is 6.61 Å². The number of allylic oxidation sites excluding steroid dienone is 1. The van der Waals surface area contributed by atoms with Gasteiger partial charge in [-0.2, -0.15) is 0 Å². The lowest BCUT2D eigenvalue weighted by Gasteiger charge is -2.01. The molecule has 0 saturated heterocycles. The monoisotopic (exact) mass is 112 g/mol. The summed E-state index contributed by atoms with van der Waals surface area (Å²) in [7, 11) is 0. The average Bonchev–Trinajstić information content (AvgIpc) is 1.83. The van der Waals surface area contributed by atoms with E-state index in [1.165, 1.54) is 0 Å². The van der Waals surface area contributed by atoms with Crippen molar-refractivity contribution in [1.29, 1.82) is 0 Å². The predicted octanol–water partition coefficient (Wildman–Crippen LogP) is 2.11. The lowest BCUT2D eigenvalue weighted by Crippen LogP contribution is -1.87. The van der Waals surface area contributed by atoms with Crippen molar-refractivity contribution in [3.63, 3.8) is 0 Å². The SMILES string of the molecule is C=CCOC(=C)CC. The first-order valence-corrected chi connectivity index (χ1v) is 2.72. The molecular formula is C7H12O. The fraction of sp³-hybridized carbons (Fsp3) is 0.429. The molecule has 0 aromatic heterocycles. The van der Waals surface area contributed by atoms with E-state index in [9.17, 15) is 0 Å². The van der Waals surface area contributed by atoms with Crippen LogP contribution >= 0.6 is 0 Å². The summed E-state index contributed by atoms with van der Waals surface area (Å²) < 4.78 is 5.03. The Bertz CT molecular complexity index is 84.4. The first kappa shape index (κ1) is 7.28. The molecule has 0 radical (unpaired) electrons. The van der Waals surface area contributed by atoms with Crippen molar-refractivity contribution in [2.24, 2.45) is 0 Å². The molecule has 0 aliphatic heterocycles. The fourth-order valence-corrected chi connectivity index (χ4v) is 0.279. The number of ether oxygens (including phenoxy) is 1. The molecule has 0 aromatic rings. The van der Waals surface area contributed by atoms with Crippen LogP contribution < -0.4 is 0 Å². The van der Waals surface area contributed by atoms with Gasteiger partial charge in [-0.05, 0) is 0 Å². The third-order valence-corrected chi connectivity index (χ3v) is 0.800. The van der Waals surface area contributed by atoms with Crippen molar-refractivity contribution in [2.45, 2.75) is 13.3 Å². The molecule has 8 heavy (non-hydrogen) atoms. The maximum Gasteiger partial charge on any atom is 0.106 e. The Kier molecular flexibility index (Phi) is 4.04. The van der Waals surface area contributed by atoms with Gasteiger partial charge in [0.2, 0.25) is 0 Å². The predicted molar refractivity (Wildman–Crippen MR) is 35.6 cm³/mol. The lowest BCUT2D eigenvalue weighted by molar-refractivity contribution is 0.241. The summed E-state index contributed by atoms with van der Waals surface area (Å²) in [5.74, 6) is 0.824. The van der Waals surface area contributed by atoms with E-state index in [-0.39, 0.29) is 0 Å². The molecule has 0 bridgehead atoms. The largest absolute Gasteiger partial charge is 0.495 e. The average molecular weight is 112 g/mol. The molecule has 0 heterocycles. The Hall–Kier alpha value is -0.720. The molecule has 0 aromatic carbocycles. The molecule has 1 nitrogen and oxygen atoms in total. The number of hydrogen-bond donors (Lipinski definition) is 0. The molecule has 0 fully saturated rings. The summed E-state index contributed by atoms with van der Waals surface area (Å²) >= 11 is 0. The number of hydrogen-bond acceptors (Lipinski definition) is 1. The van der Waals surface area contributed by atoms with Gasteiger partial charge in [-0.25, -0.2) is 0 Å². The lowest BCUT2D eigenvalue weighted by atomic mass is 10.4. The zero-order chi connectivity index (χ0) is 6.41. The molecule has 0 atom stereocenters. The Labute approximate surface area is 50.7 Å². The maximum absolute atomic E-state index is 5.03. The van der Waals surface area contributed by atoms with E-state index < -0.39 is 0 Å². The van der Waals surface area contributed by atoms with E-state index in [4.69, 9.17) is 4.74 Å². The van der Waals surface area contributed by atoms with Gasteiger partial charge in [0.15, 0.2) is 0 Å². The highest BCUT2D eigenvalue weighted by atomic mass is 16.5. The van der Waals surface area contributed by atoms with Gasteiger partial charge in [-0.15, -0.1) is 0 Å². The second-order valence-corrected chi connectivity index (χ2v) is 1.49. The maximum atomic E-state index is 5.03. The van der Waals surface area contributed by atoms with Crippen molar-refractivity contribution >= 4 is 0 Å². The van der Waals surface area contributed by atoms with Crippen molar-refractivity contribution in [2.75, 3.05) is 6.61 Å². The van der Waals surface area contributed by atoms with Crippen LogP contribution in [-0.4, -0.2) is 6.61 Å². The van der Waals surface area contributed by atoms with Crippen molar-refractivity contribution < 1.29 is 4.74 Å². The van der Waals surface area contributed by atoms with Gasteiger partial charge in [0.05, 0.1) is 5.76 Å². The third kappa shape index (κ3) is 3.47. The summed E-state index contributed by atoms with van der Waals surface area (Å²) in [5.41, 5.74) is 0. The second kappa shape index (κ2) is 4.44. The smallest absolute Gasteiger partial charge is 0.106 e. The molecule has 0 aliphatic carbocycles. The van der Waals surface area contributed by atoms with Crippen LogP contribution in [0, 0.1) is 0 Å². The Morgan fingerprint density at radius 2 is 2.38 bits per heavy atom. The second-order valence-electron chi connectivity index (χ2n) is 1.49. The van der Waals surface area contributed by atoms with Gasteiger partial charge in [-0.1, -0.05) is 26.2 Å². The Morgan fingerprint density at radius 3 is 2.75 bits per heavy atom. The van der Waals surface area contributed by atoms with Crippen LogP contribution in [0.2, 0.25) is 0 Å². The van der Waals surface area contributed by atoms with Crippen molar-refractivity contribution in [3.05, 3.63) is 25.0 Å². The Morgan fingerprint density at radius 1 is 1.75 bits per heavy atom. The van der Waals surface area contributed by atoms with Crippen LogP contribution in [0.15, 0.2) is 25.0 Å². The summed E-state index contributed by atoms with van der Waals surface area (Å²) in [4.78, 5) is 0. The van der Waals surface area contributed by atoms with E-state index in [0.29, 0.717) is 6.61 Å². The van der Waals surface area contributed by atoms with Crippen LogP contribution in [0.4, 0.5) is 0 Å². The van der Waals surface area contributed by atoms with E-state index in [0.717, 1.165) is 12.2 Å². The van der Waals surface area contributed by atoms with Crippen LogP contribution in [0.25, 0.3) is 0 Å². The van der Waals surface area contributed by atoms with Crippen molar-refractivity contribution in [1.82, 2.24) is 0 Å². The van der Waals surface area contributed by atoms with Crippen LogP contribution in [0.3, 0.4) is 0 Å². The summed E-state index contributed by atoms with van der Waals surface area (Å²) in [6.45, 7) is 9.72. The summed E-state index contributed by atoms with van der Waals surface area (Å²) in [6, 6.07) is 0. The fourth-order valence-electron chi connectivity index (χ4n) is 0.279. The summed E-state index contributed by atoms with van der Waals surface area (Å²) in [5, 5.41) is 0. The van der Waals surface area contributed by atoms with Crippen LogP contribution in [-0.2, 0) is 4.74 Å². The van der Waals surface area contributed by atoms with E-state index >= 15 is 0 Å². The van der Waals surface area contributed by atoms with E-state index in [2.05, 4.69) is 13.2 Å². The van der Waals surface area contributed by atoms with Gasteiger partial charge in [-0.3, -0.25) is 0 Å². The standard InChI is InChI=1S/C7H12O/c1-4-6-8-7(3)5-2/h4H,1,3,5-6H2,2H3. The quantitative estimate of drug-likeness (QED) is 0.400. The molecule has 0 spiro atoms. The zero-order valence-electron chi connectivity index (χ0n) is 5.31. The van der Waals surface area contributed by atoms with Crippen molar-refractivity contribution in [3.8, 4) is 0 Å². The molecule has 1 heteroatoms. The zero-order valence-corrected chi connectivity index (χ0v) is 5.31. The molecule has 0 N–H and O–H groups in total. The Balaban J connectivity index is 3.11. The molecule has 0 saturated carbocycles. The van der Waals surface area contributed by atoms with Gasteiger partial charge in [0, 0.05) is 6.42 Å². The molecule has 0 rings (SSSR count). The molecule has 0 unspecified atom stereocenters. The van der Waals surface area contributed by atoms with Crippen LogP contribution in [0.5, 0.6) is 0 Å². The highest BCUT2D eigenvalue weighted by molar-refractivity contribution is 4.81. The number of rotatable bonds is 4. The molecular weight excluding hydrogens is 100 g/mol. The van der Waals surface area contributed by atoms with E-state index in [1.807, 2.05) is 6.92 Å². The first-order chi connectivity index (χ1) is 3.81. The highest BCUT2D eigenvalue weighted by Gasteiger charge is 1.83. The minimum Gasteiger partial charge on any atom is -0.495 e. The highest BCUT2D eigenvalue weighted by Crippen LogP contribution is 1.96. The summed E-state index contributed by atoms with van der Waals surface area (Å²) in [6.07, 6.45) is 2.59. The molecule has 0 aliphatic rings. The third-order valence-electron chi connectivity index (χ3n) is 0.800.